The van der Waals surface area contributed by atoms with Crippen LogP contribution in [0.1, 0.15) is 49.9 Å². The lowest BCUT2D eigenvalue weighted by Crippen LogP contribution is -2.36. The first-order valence-electron chi connectivity index (χ1n) is 11.6. The molecule has 4 aromatic heterocycles. The molecule has 1 N–H and O–H groups in total. The van der Waals surface area contributed by atoms with E-state index in [1.54, 1.807) is 16.9 Å². The average molecular weight is 508 g/mol. The molecule has 0 spiro atoms. The van der Waals surface area contributed by atoms with E-state index < -0.39 is 11.8 Å². The molecule has 1 saturated carbocycles. The number of amides is 1. The highest BCUT2D eigenvalue weighted by Gasteiger charge is 2.25. The largest absolute Gasteiger partial charge is 0.354 e. The van der Waals surface area contributed by atoms with Crippen LogP contribution < -0.4 is 5.32 Å². The second kappa shape index (κ2) is 9.70. The number of hydrogen-bond donors (Lipinski definition) is 1. The highest BCUT2D eigenvalue weighted by molar-refractivity contribution is 7.99. The van der Waals surface area contributed by atoms with E-state index in [0.717, 1.165) is 66.4 Å². The molecule has 1 fully saturated rings. The van der Waals surface area contributed by atoms with Crippen LogP contribution in [0.5, 0.6) is 0 Å². The van der Waals surface area contributed by atoms with Crippen LogP contribution in [-0.2, 0) is 4.79 Å². The first-order valence-corrected chi connectivity index (χ1v) is 12.4. The molecule has 36 heavy (non-hydrogen) atoms. The number of halogens is 2. The summed E-state index contributed by atoms with van der Waals surface area (Å²) < 4.78 is 31.7. The van der Waals surface area contributed by atoms with Crippen LogP contribution in [0.3, 0.4) is 0 Å². The third kappa shape index (κ3) is 4.56. The minimum absolute atomic E-state index is 0.00780. The summed E-state index contributed by atoms with van der Waals surface area (Å²) in [4.78, 5) is 15.6. The van der Waals surface area contributed by atoms with E-state index in [1.807, 2.05) is 17.7 Å². The molecule has 184 valence electrons. The Morgan fingerprint density at radius 2 is 1.97 bits per heavy atom. The number of carbonyl (C=O) groups is 1. The topological polar surface area (TPSA) is 101 Å². The van der Waals surface area contributed by atoms with Gasteiger partial charge in [-0.25, -0.2) is 13.9 Å². The molecule has 1 aliphatic carbocycles. The molecule has 8 nitrogen and oxygen atoms in total. The van der Waals surface area contributed by atoms with Crippen LogP contribution in [0.4, 0.5) is 8.78 Å². The number of fused-ring (bicyclic) bond motifs is 1. The van der Waals surface area contributed by atoms with Gasteiger partial charge in [-0.15, -0.1) is 0 Å². The monoisotopic (exact) mass is 507 g/mol. The third-order valence-corrected chi connectivity index (χ3v) is 7.50. The van der Waals surface area contributed by atoms with Crippen molar-refractivity contribution in [3.05, 3.63) is 59.8 Å². The van der Waals surface area contributed by atoms with Crippen molar-refractivity contribution in [1.82, 2.24) is 29.7 Å². The number of pyridine rings is 2. The van der Waals surface area contributed by atoms with Gasteiger partial charge >= 0.3 is 0 Å². The van der Waals surface area contributed by atoms with E-state index in [1.165, 1.54) is 13.1 Å². The summed E-state index contributed by atoms with van der Waals surface area (Å²) in [5, 5.41) is 21.4. The predicted octanol–water partition coefficient (Wildman–Crippen LogP) is 4.82. The molecule has 11 heteroatoms. The summed E-state index contributed by atoms with van der Waals surface area (Å²) in [5.74, 6) is -1.45. The summed E-state index contributed by atoms with van der Waals surface area (Å²) in [6, 6.07) is 6.35. The number of nitriles is 1. The SMILES string of the molecule is CC(=O)N[C@H]1CC[C@@H](n2ncc(-c3cc(Sc4nc(F)ccc4F)c4c(C#N)cnn4c3)c2C)CC1. The molecule has 0 saturated heterocycles. The van der Waals surface area contributed by atoms with Gasteiger partial charge in [0.15, 0.2) is 5.82 Å². The van der Waals surface area contributed by atoms with E-state index in [9.17, 15) is 18.8 Å². The van der Waals surface area contributed by atoms with Gasteiger partial charge in [0.1, 0.15) is 11.1 Å². The number of nitrogens with one attached hydrogen (secondary N) is 1. The van der Waals surface area contributed by atoms with Gasteiger partial charge in [-0.2, -0.15) is 19.8 Å². The summed E-state index contributed by atoms with van der Waals surface area (Å²) in [7, 11) is 0. The van der Waals surface area contributed by atoms with Crippen LogP contribution in [0.25, 0.3) is 16.6 Å². The van der Waals surface area contributed by atoms with Crippen molar-refractivity contribution in [2.45, 2.75) is 61.5 Å². The Morgan fingerprint density at radius 1 is 1.19 bits per heavy atom. The lowest BCUT2D eigenvalue weighted by atomic mass is 9.91. The maximum atomic E-state index is 14.4. The standard InChI is InChI=1S/C25H23F2N7OS/c1-14-20(12-30-34(14)19-5-3-18(4-6-19)31-15(2)35)16-9-22(24-17(10-28)11-29-33(24)13-16)36-25-21(26)7-8-23(27)32-25/h7-9,11-13,18-19H,3-6H2,1-2H3,(H,31,35)/t18-,19+. The predicted molar refractivity (Wildman–Crippen MR) is 129 cm³/mol. The zero-order chi connectivity index (χ0) is 25.4. The Balaban J connectivity index is 1.50. The van der Waals surface area contributed by atoms with Crippen LogP contribution >= 0.6 is 11.8 Å². The van der Waals surface area contributed by atoms with Crippen LogP contribution in [0.2, 0.25) is 0 Å². The van der Waals surface area contributed by atoms with E-state index >= 15 is 0 Å². The fourth-order valence-corrected chi connectivity index (χ4v) is 5.79. The third-order valence-electron chi connectivity index (χ3n) is 6.49. The van der Waals surface area contributed by atoms with Crippen molar-refractivity contribution in [2.75, 3.05) is 0 Å². The number of rotatable bonds is 5. The van der Waals surface area contributed by atoms with E-state index in [2.05, 4.69) is 26.6 Å². The van der Waals surface area contributed by atoms with Gasteiger partial charge in [-0.3, -0.25) is 9.48 Å². The molecular weight excluding hydrogens is 484 g/mol. The quantitative estimate of drug-likeness (QED) is 0.389. The Kier molecular flexibility index (Phi) is 6.45. The highest BCUT2D eigenvalue weighted by Crippen LogP contribution is 2.38. The minimum Gasteiger partial charge on any atom is -0.354 e. The molecule has 0 bridgehead atoms. The molecular formula is C25H23F2N7OS. The maximum Gasteiger partial charge on any atom is 0.217 e. The van der Waals surface area contributed by atoms with Gasteiger partial charge in [0, 0.05) is 40.9 Å². The highest BCUT2D eigenvalue weighted by atomic mass is 32.2. The zero-order valence-corrected chi connectivity index (χ0v) is 20.5. The van der Waals surface area contributed by atoms with Gasteiger partial charge in [-0.05, 0) is 50.8 Å². The molecule has 0 aliphatic heterocycles. The van der Waals surface area contributed by atoms with Gasteiger partial charge < -0.3 is 5.32 Å². The van der Waals surface area contributed by atoms with Crippen molar-refractivity contribution >= 4 is 23.2 Å². The second-order valence-corrected chi connectivity index (χ2v) is 9.90. The van der Waals surface area contributed by atoms with E-state index in [-0.39, 0.29) is 23.0 Å². The molecule has 1 amide bonds. The number of carbonyl (C=O) groups excluding carboxylic acids is 1. The fourth-order valence-electron chi connectivity index (χ4n) is 4.79. The smallest absolute Gasteiger partial charge is 0.217 e. The van der Waals surface area contributed by atoms with E-state index in [0.29, 0.717) is 16.0 Å². The van der Waals surface area contributed by atoms with Gasteiger partial charge in [0.25, 0.3) is 0 Å². The Bertz CT molecular complexity index is 1500. The van der Waals surface area contributed by atoms with Gasteiger partial charge in [0.2, 0.25) is 11.9 Å². The molecule has 0 radical (unpaired) electrons. The summed E-state index contributed by atoms with van der Waals surface area (Å²) in [6.45, 7) is 3.54. The van der Waals surface area contributed by atoms with E-state index in [4.69, 9.17) is 0 Å². The maximum absolute atomic E-state index is 14.4. The zero-order valence-electron chi connectivity index (χ0n) is 19.7. The second-order valence-electron chi connectivity index (χ2n) is 8.87. The van der Waals surface area contributed by atoms with Gasteiger partial charge in [0.05, 0.1) is 29.5 Å². The summed E-state index contributed by atoms with van der Waals surface area (Å²) >= 11 is 0.947. The van der Waals surface area contributed by atoms with Crippen molar-refractivity contribution in [1.29, 1.82) is 5.26 Å². The molecule has 4 heterocycles. The molecule has 0 unspecified atom stereocenters. The fraction of sp³-hybridized carbons (Fsp3) is 0.320. The van der Waals surface area contributed by atoms with Crippen molar-refractivity contribution in [3.8, 4) is 17.2 Å². The summed E-state index contributed by atoms with van der Waals surface area (Å²) in [6.07, 6.45) is 8.63. The Hall–Kier alpha value is -3.78. The lowest BCUT2D eigenvalue weighted by molar-refractivity contribution is -0.119. The molecule has 0 aromatic carbocycles. The Labute approximate surface area is 210 Å². The Morgan fingerprint density at radius 3 is 2.69 bits per heavy atom. The number of aromatic nitrogens is 5. The molecule has 5 rings (SSSR count). The average Bonchev–Trinajstić information content (AvgIpc) is 3.45. The summed E-state index contributed by atoms with van der Waals surface area (Å²) in [5.41, 5.74) is 3.45. The van der Waals surface area contributed by atoms with Crippen LogP contribution in [0.15, 0.2) is 46.7 Å². The van der Waals surface area contributed by atoms with Crippen molar-refractivity contribution in [2.24, 2.45) is 0 Å². The minimum atomic E-state index is -0.787. The van der Waals surface area contributed by atoms with Gasteiger partial charge in [-0.1, -0.05) is 11.8 Å². The molecule has 4 aromatic rings. The van der Waals surface area contributed by atoms with Crippen LogP contribution in [-0.4, -0.2) is 36.3 Å². The first-order chi connectivity index (χ1) is 17.3. The van der Waals surface area contributed by atoms with Crippen molar-refractivity contribution < 1.29 is 13.6 Å². The number of hydrogen-bond acceptors (Lipinski definition) is 6. The molecule has 0 atom stereocenters. The lowest BCUT2D eigenvalue weighted by Gasteiger charge is -2.29. The van der Waals surface area contributed by atoms with Crippen LogP contribution in [0, 0.1) is 30.0 Å². The number of nitrogens with zero attached hydrogens (tertiary/aromatic N) is 6. The first kappa shape index (κ1) is 23.9. The molecule has 1 aliphatic rings. The normalized spacial score (nSPS) is 17.8. The van der Waals surface area contributed by atoms with Crippen molar-refractivity contribution in [3.63, 3.8) is 0 Å².